The van der Waals surface area contributed by atoms with Gasteiger partial charge in [0.2, 0.25) is 0 Å². The molecule has 1 aliphatic rings. The lowest BCUT2D eigenvalue weighted by Gasteiger charge is -2.17. The standard InChI is InChI=1S/C10H9NO2/c12-6-8-3-1-2-7-4-5-11-10(13)9(7)8/h1-3,6H,4-5H2,(H,11,13). The minimum absolute atomic E-state index is 0.135. The first-order chi connectivity index (χ1) is 6.33. The molecule has 0 saturated heterocycles. The van der Waals surface area contributed by atoms with Crippen molar-refractivity contribution in [3.63, 3.8) is 0 Å². The number of amides is 1. The van der Waals surface area contributed by atoms with E-state index in [1.165, 1.54) is 0 Å². The number of benzene rings is 1. The largest absolute Gasteiger partial charge is 0.352 e. The zero-order chi connectivity index (χ0) is 9.26. The predicted octanol–water partition coefficient (Wildman–Crippen LogP) is 0.785. The Bertz CT molecular complexity index is 371. The van der Waals surface area contributed by atoms with E-state index in [0.29, 0.717) is 17.7 Å². The number of rotatable bonds is 1. The molecule has 3 heteroatoms. The molecule has 0 unspecified atom stereocenters. The van der Waals surface area contributed by atoms with Gasteiger partial charge < -0.3 is 5.32 Å². The van der Waals surface area contributed by atoms with Crippen LogP contribution in [0.15, 0.2) is 18.2 Å². The first kappa shape index (κ1) is 7.98. The maximum Gasteiger partial charge on any atom is 0.252 e. The molecule has 0 aromatic heterocycles. The molecule has 0 aliphatic carbocycles. The number of carbonyl (C=O) groups excluding carboxylic acids is 2. The van der Waals surface area contributed by atoms with Gasteiger partial charge in [-0.05, 0) is 12.0 Å². The van der Waals surface area contributed by atoms with E-state index in [1.807, 2.05) is 6.07 Å². The van der Waals surface area contributed by atoms with Gasteiger partial charge in [-0.3, -0.25) is 9.59 Å². The van der Waals surface area contributed by atoms with Crippen molar-refractivity contribution in [3.8, 4) is 0 Å². The Balaban J connectivity index is 2.63. The number of aldehydes is 1. The van der Waals surface area contributed by atoms with Crippen LogP contribution >= 0.6 is 0 Å². The first-order valence-corrected chi connectivity index (χ1v) is 4.18. The van der Waals surface area contributed by atoms with Crippen LogP contribution in [0.4, 0.5) is 0 Å². The van der Waals surface area contributed by atoms with E-state index in [1.54, 1.807) is 12.1 Å². The molecule has 0 radical (unpaired) electrons. The van der Waals surface area contributed by atoms with Crippen LogP contribution in [0.1, 0.15) is 26.3 Å². The lowest BCUT2D eigenvalue weighted by Crippen LogP contribution is -2.32. The molecule has 1 N–H and O–H groups in total. The minimum atomic E-state index is -0.135. The summed E-state index contributed by atoms with van der Waals surface area (Å²) in [6.45, 7) is 0.661. The fourth-order valence-corrected chi connectivity index (χ4v) is 1.60. The van der Waals surface area contributed by atoms with E-state index in [4.69, 9.17) is 0 Å². The molecule has 1 aromatic rings. The van der Waals surface area contributed by atoms with Gasteiger partial charge in [0.15, 0.2) is 6.29 Å². The van der Waals surface area contributed by atoms with Crippen LogP contribution in [0.5, 0.6) is 0 Å². The van der Waals surface area contributed by atoms with Gasteiger partial charge in [-0.2, -0.15) is 0 Å². The topological polar surface area (TPSA) is 46.2 Å². The number of hydrogen-bond acceptors (Lipinski definition) is 2. The molecule has 0 spiro atoms. The van der Waals surface area contributed by atoms with Crippen molar-refractivity contribution < 1.29 is 9.59 Å². The Kier molecular flexibility index (Phi) is 1.85. The van der Waals surface area contributed by atoms with Crippen LogP contribution in [0, 0.1) is 0 Å². The Morgan fingerprint density at radius 3 is 3.00 bits per heavy atom. The highest BCUT2D eigenvalue weighted by Gasteiger charge is 2.19. The van der Waals surface area contributed by atoms with Crippen LogP contribution in [-0.4, -0.2) is 18.7 Å². The minimum Gasteiger partial charge on any atom is -0.352 e. The Morgan fingerprint density at radius 2 is 2.23 bits per heavy atom. The van der Waals surface area contributed by atoms with Gasteiger partial charge in [0, 0.05) is 12.1 Å². The maximum atomic E-state index is 11.4. The average Bonchev–Trinajstić information content (AvgIpc) is 2.17. The number of nitrogens with one attached hydrogen (secondary N) is 1. The van der Waals surface area contributed by atoms with E-state index in [0.717, 1.165) is 18.3 Å². The second-order valence-corrected chi connectivity index (χ2v) is 3.01. The molecular formula is C10H9NO2. The van der Waals surface area contributed by atoms with Crippen molar-refractivity contribution in [1.29, 1.82) is 0 Å². The van der Waals surface area contributed by atoms with Crippen LogP contribution in [0.25, 0.3) is 0 Å². The Morgan fingerprint density at radius 1 is 1.38 bits per heavy atom. The second kappa shape index (κ2) is 3.01. The third-order valence-electron chi connectivity index (χ3n) is 2.22. The molecule has 0 fully saturated rings. The molecule has 1 heterocycles. The predicted molar refractivity (Wildman–Crippen MR) is 47.9 cm³/mol. The van der Waals surface area contributed by atoms with Crippen LogP contribution < -0.4 is 5.32 Å². The number of hydrogen-bond donors (Lipinski definition) is 1. The van der Waals surface area contributed by atoms with E-state index in [9.17, 15) is 9.59 Å². The fraction of sp³-hybridized carbons (Fsp3) is 0.200. The van der Waals surface area contributed by atoms with Gasteiger partial charge in [0.1, 0.15) is 0 Å². The smallest absolute Gasteiger partial charge is 0.252 e. The summed E-state index contributed by atoms with van der Waals surface area (Å²) in [5.41, 5.74) is 1.99. The summed E-state index contributed by atoms with van der Waals surface area (Å²) < 4.78 is 0. The highest BCUT2D eigenvalue weighted by Crippen LogP contribution is 2.16. The summed E-state index contributed by atoms with van der Waals surface area (Å²) in [5.74, 6) is -0.135. The molecular weight excluding hydrogens is 166 g/mol. The number of fused-ring (bicyclic) bond motifs is 1. The third kappa shape index (κ3) is 1.22. The molecule has 13 heavy (non-hydrogen) atoms. The Hall–Kier alpha value is -1.64. The van der Waals surface area contributed by atoms with E-state index < -0.39 is 0 Å². The van der Waals surface area contributed by atoms with Crippen molar-refractivity contribution in [2.45, 2.75) is 6.42 Å². The van der Waals surface area contributed by atoms with Gasteiger partial charge in [-0.15, -0.1) is 0 Å². The normalized spacial score (nSPS) is 14.6. The summed E-state index contributed by atoms with van der Waals surface area (Å²) in [7, 11) is 0. The van der Waals surface area contributed by atoms with E-state index in [2.05, 4.69) is 5.32 Å². The number of carbonyl (C=O) groups is 2. The summed E-state index contributed by atoms with van der Waals surface area (Å²) in [6, 6.07) is 5.36. The Labute approximate surface area is 75.8 Å². The molecule has 1 aromatic carbocycles. The van der Waals surface area contributed by atoms with Crippen LogP contribution in [0.2, 0.25) is 0 Å². The molecule has 66 valence electrons. The van der Waals surface area contributed by atoms with Crippen molar-refractivity contribution in [1.82, 2.24) is 5.32 Å². The average molecular weight is 175 g/mol. The lowest BCUT2D eigenvalue weighted by molar-refractivity contribution is 0.0940. The monoisotopic (exact) mass is 175 g/mol. The van der Waals surface area contributed by atoms with Crippen molar-refractivity contribution in [2.75, 3.05) is 6.54 Å². The van der Waals surface area contributed by atoms with Crippen LogP contribution in [-0.2, 0) is 6.42 Å². The van der Waals surface area contributed by atoms with Crippen molar-refractivity contribution in [2.24, 2.45) is 0 Å². The lowest BCUT2D eigenvalue weighted by atomic mass is 9.96. The maximum absolute atomic E-state index is 11.4. The zero-order valence-corrected chi connectivity index (χ0v) is 7.04. The van der Waals surface area contributed by atoms with Crippen molar-refractivity contribution >= 4 is 12.2 Å². The molecule has 3 nitrogen and oxygen atoms in total. The van der Waals surface area contributed by atoms with E-state index in [-0.39, 0.29) is 5.91 Å². The molecule has 1 amide bonds. The molecule has 1 aliphatic heterocycles. The van der Waals surface area contributed by atoms with Gasteiger partial charge in [0.05, 0.1) is 5.56 Å². The highest BCUT2D eigenvalue weighted by atomic mass is 16.1. The summed E-state index contributed by atoms with van der Waals surface area (Å²) >= 11 is 0. The highest BCUT2D eigenvalue weighted by molar-refractivity contribution is 6.03. The van der Waals surface area contributed by atoms with Gasteiger partial charge in [-0.25, -0.2) is 0 Å². The quantitative estimate of drug-likeness (QED) is 0.641. The van der Waals surface area contributed by atoms with Gasteiger partial charge in [0.25, 0.3) is 5.91 Å². The van der Waals surface area contributed by atoms with Gasteiger partial charge >= 0.3 is 0 Å². The van der Waals surface area contributed by atoms with Crippen LogP contribution in [0.3, 0.4) is 0 Å². The fourth-order valence-electron chi connectivity index (χ4n) is 1.60. The first-order valence-electron chi connectivity index (χ1n) is 4.18. The van der Waals surface area contributed by atoms with Gasteiger partial charge in [-0.1, -0.05) is 18.2 Å². The molecule has 0 atom stereocenters. The summed E-state index contributed by atoms with van der Waals surface area (Å²) in [4.78, 5) is 22.0. The van der Waals surface area contributed by atoms with Crippen molar-refractivity contribution in [3.05, 3.63) is 34.9 Å². The molecule has 2 rings (SSSR count). The SMILES string of the molecule is O=Cc1cccc2c1C(=O)NCC2. The summed E-state index contributed by atoms with van der Waals surface area (Å²) in [5, 5.41) is 2.72. The summed E-state index contributed by atoms with van der Waals surface area (Å²) in [6.07, 6.45) is 1.53. The molecule has 0 bridgehead atoms. The zero-order valence-electron chi connectivity index (χ0n) is 7.04. The van der Waals surface area contributed by atoms with E-state index >= 15 is 0 Å². The molecule has 0 saturated carbocycles. The third-order valence-corrected chi connectivity index (χ3v) is 2.22. The second-order valence-electron chi connectivity index (χ2n) is 3.01.